The van der Waals surface area contributed by atoms with E-state index in [2.05, 4.69) is 167 Å². The highest BCUT2D eigenvalue weighted by Gasteiger charge is 2.14. The molecule has 3 aromatic heterocycles. The predicted molar refractivity (Wildman–Crippen MR) is 189 cm³/mol. The van der Waals surface area contributed by atoms with E-state index in [-0.39, 0.29) is 0 Å². The third-order valence-electron chi connectivity index (χ3n) is 9.23. The van der Waals surface area contributed by atoms with Crippen LogP contribution in [0.15, 0.2) is 158 Å². The van der Waals surface area contributed by atoms with Gasteiger partial charge in [0.15, 0.2) is 0 Å². The van der Waals surface area contributed by atoms with Crippen molar-refractivity contribution in [2.24, 2.45) is 7.05 Å². The maximum absolute atomic E-state index is 4.23. The highest BCUT2D eigenvalue weighted by molar-refractivity contribution is 6.11. The lowest BCUT2D eigenvalue weighted by molar-refractivity contribution is 1.01. The van der Waals surface area contributed by atoms with Gasteiger partial charge in [-0.1, -0.05) is 84.9 Å². The SMILES string of the molecule is Cn1c2ccccc2c2cc(-c3cccc(-c4cccc(-c5ccc6c(c5)c5ccccc5n6-c5ccncc5)c4)c3)ccc21. The van der Waals surface area contributed by atoms with Crippen molar-refractivity contribution in [2.45, 2.75) is 0 Å². The zero-order valence-corrected chi connectivity index (χ0v) is 24.9. The Labute approximate surface area is 261 Å². The van der Waals surface area contributed by atoms with Gasteiger partial charge in [-0.05, 0) is 94.0 Å². The molecule has 9 aromatic rings. The minimum Gasteiger partial charge on any atom is -0.344 e. The Morgan fingerprint density at radius 3 is 1.44 bits per heavy atom. The van der Waals surface area contributed by atoms with Gasteiger partial charge in [-0.15, -0.1) is 0 Å². The van der Waals surface area contributed by atoms with Gasteiger partial charge in [0.05, 0.1) is 11.0 Å². The molecule has 212 valence electrons. The van der Waals surface area contributed by atoms with Crippen LogP contribution in [-0.2, 0) is 7.05 Å². The summed E-state index contributed by atoms with van der Waals surface area (Å²) in [4.78, 5) is 4.23. The van der Waals surface area contributed by atoms with Gasteiger partial charge in [-0.25, -0.2) is 0 Å². The molecule has 0 saturated carbocycles. The summed E-state index contributed by atoms with van der Waals surface area (Å²) in [6.45, 7) is 0. The van der Waals surface area contributed by atoms with E-state index in [9.17, 15) is 0 Å². The van der Waals surface area contributed by atoms with Crippen LogP contribution in [0.25, 0.3) is 82.7 Å². The lowest BCUT2D eigenvalue weighted by atomic mass is 9.95. The number of fused-ring (bicyclic) bond motifs is 6. The molecular formula is C42H29N3. The maximum atomic E-state index is 4.23. The predicted octanol–water partition coefficient (Wildman–Crippen LogP) is 10.8. The van der Waals surface area contributed by atoms with E-state index in [1.807, 2.05) is 12.4 Å². The highest BCUT2D eigenvalue weighted by Crippen LogP contribution is 2.37. The first-order valence-corrected chi connectivity index (χ1v) is 15.3. The molecule has 0 radical (unpaired) electrons. The zero-order chi connectivity index (χ0) is 29.9. The van der Waals surface area contributed by atoms with Gasteiger partial charge >= 0.3 is 0 Å². The maximum Gasteiger partial charge on any atom is 0.0541 e. The summed E-state index contributed by atoms with van der Waals surface area (Å²) in [6.07, 6.45) is 3.71. The number of hydrogen-bond acceptors (Lipinski definition) is 1. The minimum atomic E-state index is 1.12. The van der Waals surface area contributed by atoms with Gasteiger partial charge in [0, 0.05) is 57.7 Å². The third-order valence-corrected chi connectivity index (χ3v) is 9.23. The first-order valence-electron chi connectivity index (χ1n) is 15.3. The molecule has 0 unspecified atom stereocenters. The van der Waals surface area contributed by atoms with Gasteiger partial charge in [0.2, 0.25) is 0 Å². The van der Waals surface area contributed by atoms with Crippen molar-refractivity contribution in [1.29, 1.82) is 0 Å². The number of pyridine rings is 1. The molecule has 0 bridgehead atoms. The smallest absolute Gasteiger partial charge is 0.0541 e. The molecule has 0 aliphatic rings. The second-order valence-electron chi connectivity index (χ2n) is 11.8. The summed E-state index contributed by atoms with van der Waals surface area (Å²) in [5.41, 5.74) is 13.3. The summed E-state index contributed by atoms with van der Waals surface area (Å²) in [5, 5.41) is 5.08. The molecular weight excluding hydrogens is 546 g/mol. The molecule has 0 atom stereocenters. The minimum absolute atomic E-state index is 1.12. The molecule has 9 rings (SSSR count). The van der Waals surface area contributed by atoms with E-state index >= 15 is 0 Å². The number of rotatable bonds is 4. The summed E-state index contributed by atoms with van der Waals surface area (Å²) >= 11 is 0. The summed E-state index contributed by atoms with van der Waals surface area (Å²) in [6, 6.07) is 52.9. The molecule has 3 heterocycles. The molecule has 0 amide bonds. The van der Waals surface area contributed by atoms with Crippen LogP contribution in [0.2, 0.25) is 0 Å². The normalized spacial score (nSPS) is 11.7. The van der Waals surface area contributed by atoms with Crippen LogP contribution in [0.1, 0.15) is 0 Å². The molecule has 6 aromatic carbocycles. The number of para-hydroxylation sites is 2. The van der Waals surface area contributed by atoms with E-state index in [1.165, 1.54) is 77.0 Å². The number of benzene rings is 6. The highest BCUT2D eigenvalue weighted by atomic mass is 15.0. The molecule has 3 nitrogen and oxygen atoms in total. The summed E-state index contributed by atoms with van der Waals surface area (Å²) < 4.78 is 4.61. The van der Waals surface area contributed by atoms with Gasteiger partial charge in [-0.2, -0.15) is 0 Å². The van der Waals surface area contributed by atoms with E-state index in [0.717, 1.165) is 5.69 Å². The van der Waals surface area contributed by atoms with Gasteiger partial charge in [0.1, 0.15) is 0 Å². The van der Waals surface area contributed by atoms with E-state index in [4.69, 9.17) is 0 Å². The fourth-order valence-corrected chi connectivity index (χ4v) is 7.03. The molecule has 0 saturated heterocycles. The van der Waals surface area contributed by atoms with Crippen LogP contribution in [0, 0.1) is 0 Å². The van der Waals surface area contributed by atoms with E-state index in [0.29, 0.717) is 0 Å². The van der Waals surface area contributed by atoms with Crippen molar-refractivity contribution in [1.82, 2.24) is 14.1 Å². The van der Waals surface area contributed by atoms with Crippen molar-refractivity contribution < 1.29 is 0 Å². The molecule has 0 fully saturated rings. The fourth-order valence-electron chi connectivity index (χ4n) is 7.03. The molecule has 3 heteroatoms. The zero-order valence-electron chi connectivity index (χ0n) is 24.9. The van der Waals surface area contributed by atoms with Crippen molar-refractivity contribution in [2.75, 3.05) is 0 Å². The molecule has 0 N–H and O–H groups in total. The molecule has 0 spiro atoms. The molecule has 45 heavy (non-hydrogen) atoms. The van der Waals surface area contributed by atoms with Crippen molar-refractivity contribution in [3.8, 4) is 39.1 Å². The van der Waals surface area contributed by atoms with Crippen LogP contribution >= 0.6 is 0 Å². The van der Waals surface area contributed by atoms with Gasteiger partial charge in [0.25, 0.3) is 0 Å². The molecule has 0 aliphatic carbocycles. The van der Waals surface area contributed by atoms with Crippen LogP contribution in [0.5, 0.6) is 0 Å². The van der Waals surface area contributed by atoms with E-state index in [1.54, 1.807) is 0 Å². The van der Waals surface area contributed by atoms with Crippen LogP contribution in [0.3, 0.4) is 0 Å². The van der Waals surface area contributed by atoms with Crippen LogP contribution in [0.4, 0.5) is 0 Å². The lowest BCUT2D eigenvalue weighted by Gasteiger charge is -2.10. The number of aromatic nitrogens is 3. The average molecular weight is 576 g/mol. The fraction of sp³-hybridized carbons (Fsp3) is 0.0238. The Morgan fingerprint density at radius 2 is 0.822 bits per heavy atom. The average Bonchev–Trinajstić information content (AvgIpc) is 3.60. The third kappa shape index (κ3) is 4.09. The number of nitrogens with zero attached hydrogens (tertiary/aromatic N) is 3. The topological polar surface area (TPSA) is 22.8 Å². The second kappa shape index (κ2) is 10.1. The second-order valence-corrected chi connectivity index (χ2v) is 11.8. The number of hydrogen-bond donors (Lipinski definition) is 0. The monoisotopic (exact) mass is 575 g/mol. The van der Waals surface area contributed by atoms with Crippen molar-refractivity contribution >= 4 is 43.6 Å². The summed E-state index contributed by atoms with van der Waals surface area (Å²) in [5.74, 6) is 0. The summed E-state index contributed by atoms with van der Waals surface area (Å²) in [7, 11) is 2.15. The van der Waals surface area contributed by atoms with Crippen molar-refractivity contribution in [3.63, 3.8) is 0 Å². The number of aryl methyl sites for hydroxylation is 1. The van der Waals surface area contributed by atoms with Crippen LogP contribution < -0.4 is 0 Å². The van der Waals surface area contributed by atoms with Gasteiger partial charge < -0.3 is 9.13 Å². The molecule has 0 aliphatic heterocycles. The largest absolute Gasteiger partial charge is 0.344 e. The Bertz CT molecular complexity index is 2550. The van der Waals surface area contributed by atoms with E-state index < -0.39 is 0 Å². The standard InChI is InChI=1S/C42H29N3/c1-44-39-14-4-2-12-35(39)37-26-32(16-18-40(37)44)30-10-6-8-28(24-30)29-9-7-11-31(25-29)33-17-19-42-38(27-33)36-13-3-5-15-41(36)45(42)34-20-22-43-23-21-34/h2-27H,1H3. The van der Waals surface area contributed by atoms with Gasteiger partial charge in [-0.3, -0.25) is 4.98 Å². The Balaban J connectivity index is 1.12. The lowest BCUT2D eigenvalue weighted by Crippen LogP contribution is -1.93. The first kappa shape index (κ1) is 25.6. The van der Waals surface area contributed by atoms with Crippen molar-refractivity contribution in [3.05, 3.63) is 158 Å². The van der Waals surface area contributed by atoms with Crippen LogP contribution in [-0.4, -0.2) is 14.1 Å². The Morgan fingerprint density at radius 1 is 0.378 bits per heavy atom. The Hall–Kier alpha value is -5.93. The first-order chi connectivity index (χ1) is 22.2. The quantitative estimate of drug-likeness (QED) is 0.205. The Kier molecular flexibility index (Phi) is 5.72.